The van der Waals surface area contributed by atoms with Crippen LogP contribution in [0.1, 0.15) is 53.4 Å². The Morgan fingerprint density at radius 3 is 1.67 bits per heavy atom. The summed E-state index contributed by atoms with van der Waals surface area (Å²) in [6.45, 7) is 6.85. The van der Waals surface area contributed by atoms with Crippen molar-refractivity contribution < 1.29 is 39.0 Å². The third kappa shape index (κ3) is 10.3. The summed E-state index contributed by atoms with van der Waals surface area (Å²) in [4.78, 5) is 71.5. The highest BCUT2D eigenvalue weighted by atomic mass is 16.4. The number of hydrogen-bond donors (Lipinski definition) is 7. The van der Waals surface area contributed by atoms with E-state index >= 15 is 0 Å². The number of nitrogens with one attached hydrogen (secondary N) is 3. The maximum absolute atomic E-state index is 12.9. The highest BCUT2D eigenvalue weighted by molar-refractivity contribution is 5.96. The minimum absolute atomic E-state index is 0.377. The third-order valence-corrected chi connectivity index (χ3v) is 5.34. The zero-order valence-corrected chi connectivity index (χ0v) is 19.3. The summed E-state index contributed by atoms with van der Waals surface area (Å²) in [5.41, 5.74) is 10.6. The molecule has 9 N–H and O–H groups in total. The molecular weight excluding hydrogens is 438 g/mol. The lowest BCUT2D eigenvalue weighted by Crippen LogP contribution is -2.59. The molecule has 0 aromatic rings. The molecule has 0 fully saturated rings. The molecular formula is C20H35N5O8. The lowest BCUT2D eigenvalue weighted by Gasteiger charge is -2.29. The van der Waals surface area contributed by atoms with Gasteiger partial charge in [-0.25, -0.2) is 4.79 Å². The van der Waals surface area contributed by atoms with Crippen LogP contribution in [0.25, 0.3) is 0 Å². The van der Waals surface area contributed by atoms with E-state index in [-0.39, 0.29) is 5.92 Å². The van der Waals surface area contributed by atoms with Crippen LogP contribution in [0, 0.1) is 11.8 Å². The predicted octanol–water partition coefficient (Wildman–Crippen LogP) is -1.70. The lowest BCUT2D eigenvalue weighted by molar-refractivity contribution is -0.144. The summed E-state index contributed by atoms with van der Waals surface area (Å²) in [6, 6.07) is -5.35. The molecule has 13 heteroatoms. The number of primary amides is 1. The normalized spacial score (nSPS) is 16.3. The number of nitrogens with two attached hydrogens (primary N) is 2. The summed E-state index contributed by atoms with van der Waals surface area (Å²) in [7, 11) is 0. The first-order valence-corrected chi connectivity index (χ1v) is 10.6. The number of hydrogen-bond acceptors (Lipinski definition) is 7. The Morgan fingerprint density at radius 1 is 0.758 bits per heavy atom. The van der Waals surface area contributed by atoms with Crippen LogP contribution in [0.3, 0.4) is 0 Å². The monoisotopic (exact) mass is 473 g/mol. The first-order chi connectivity index (χ1) is 15.2. The Bertz CT molecular complexity index is 744. The van der Waals surface area contributed by atoms with E-state index in [1.54, 1.807) is 27.7 Å². The number of carbonyl (C=O) groups is 6. The minimum atomic E-state index is -1.51. The summed E-state index contributed by atoms with van der Waals surface area (Å²) in [5.74, 6) is -6.97. The summed E-state index contributed by atoms with van der Waals surface area (Å²) < 4.78 is 0. The first-order valence-electron chi connectivity index (χ1n) is 10.6. The van der Waals surface area contributed by atoms with Crippen molar-refractivity contribution in [3.63, 3.8) is 0 Å². The second kappa shape index (κ2) is 14.0. The van der Waals surface area contributed by atoms with E-state index in [4.69, 9.17) is 16.6 Å². The van der Waals surface area contributed by atoms with Gasteiger partial charge in [-0.2, -0.15) is 0 Å². The molecule has 13 nitrogen and oxygen atoms in total. The highest BCUT2D eigenvalue weighted by Gasteiger charge is 2.34. The van der Waals surface area contributed by atoms with Crippen LogP contribution in [-0.2, 0) is 28.8 Å². The molecule has 0 saturated heterocycles. The van der Waals surface area contributed by atoms with E-state index in [0.717, 1.165) is 0 Å². The van der Waals surface area contributed by atoms with Gasteiger partial charge in [0, 0.05) is 0 Å². The van der Waals surface area contributed by atoms with Crippen molar-refractivity contribution in [1.29, 1.82) is 0 Å². The molecule has 0 heterocycles. The van der Waals surface area contributed by atoms with Crippen LogP contribution in [0.2, 0.25) is 0 Å². The van der Waals surface area contributed by atoms with E-state index < -0.39 is 78.5 Å². The van der Waals surface area contributed by atoms with E-state index in [9.17, 15) is 33.9 Å². The van der Waals surface area contributed by atoms with Crippen LogP contribution in [-0.4, -0.2) is 69.9 Å². The fourth-order valence-corrected chi connectivity index (χ4v) is 2.85. The zero-order valence-electron chi connectivity index (χ0n) is 19.3. The van der Waals surface area contributed by atoms with Gasteiger partial charge in [0.1, 0.15) is 18.1 Å². The average Bonchev–Trinajstić information content (AvgIpc) is 2.72. The van der Waals surface area contributed by atoms with Crippen LogP contribution in [0.5, 0.6) is 0 Å². The fourth-order valence-electron chi connectivity index (χ4n) is 2.85. The fraction of sp³-hybridized carbons (Fsp3) is 0.700. The Balaban J connectivity index is 5.64. The molecule has 6 atom stereocenters. The molecule has 0 rings (SSSR count). The van der Waals surface area contributed by atoms with Crippen LogP contribution in [0.15, 0.2) is 0 Å². The van der Waals surface area contributed by atoms with Gasteiger partial charge in [-0.1, -0.05) is 40.5 Å². The van der Waals surface area contributed by atoms with Crippen molar-refractivity contribution >= 4 is 35.6 Å². The second-order valence-electron chi connectivity index (χ2n) is 8.02. The number of aliphatic carboxylic acids is 2. The average molecular weight is 474 g/mol. The third-order valence-electron chi connectivity index (χ3n) is 5.34. The molecule has 0 aliphatic carbocycles. The van der Waals surface area contributed by atoms with Gasteiger partial charge in [0.2, 0.25) is 23.6 Å². The molecule has 0 spiro atoms. The topological polar surface area (TPSA) is 231 Å². The van der Waals surface area contributed by atoms with Gasteiger partial charge in [-0.15, -0.1) is 0 Å². The summed E-state index contributed by atoms with van der Waals surface area (Å²) in [5, 5.41) is 25.2. The van der Waals surface area contributed by atoms with Crippen molar-refractivity contribution in [1.82, 2.24) is 16.0 Å². The predicted molar refractivity (Wildman–Crippen MR) is 116 cm³/mol. The van der Waals surface area contributed by atoms with Gasteiger partial charge >= 0.3 is 11.9 Å². The van der Waals surface area contributed by atoms with Gasteiger partial charge in [-0.3, -0.25) is 24.0 Å². The van der Waals surface area contributed by atoms with Gasteiger partial charge in [0.15, 0.2) is 0 Å². The van der Waals surface area contributed by atoms with E-state index in [0.29, 0.717) is 12.8 Å². The van der Waals surface area contributed by atoms with Crippen molar-refractivity contribution in [2.45, 2.75) is 77.5 Å². The van der Waals surface area contributed by atoms with Crippen LogP contribution in [0.4, 0.5) is 0 Å². The van der Waals surface area contributed by atoms with Crippen molar-refractivity contribution in [2.75, 3.05) is 0 Å². The van der Waals surface area contributed by atoms with Crippen molar-refractivity contribution in [3.05, 3.63) is 0 Å². The Labute approximate surface area is 192 Å². The van der Waals surface area contributed by atoms with Gasteiger partial charge in [-0.05, 0) is 11.8 Å². The van der Waals surface area contributed by atoms with Crippen LogP contribution < -0.4 is 27.4 Å². The SMILES string of the molecule is CCC(C)C(NC(=O)C(NC(=O)C(CC(N)=O)NC(=O)C(N)CC(=O)O)C(C)CC)C(=O)O. The number of carbonyl (C=O) groups excluding carboxylic acids is 4. The largest absolute Gasteiger partial charge is 0.481 e. The number of carboxylic acid groups (broad SMARTS) is 2. The van der Waals surface area contributed by atoms with E-state index in [1.807, 2.05) is 0 Å². The maximum atomic E-state index is 12.9. The van der Waals surface area contributed by atoms with Gasteiger partial charge in [0.25, 0.3) is 0 Å². The van der Waals surface area contributed by atoms with Crippen molar-refractivity contribution in [2.24, 2.45) is 23.3 Å². The van der Waals surface area contributed by atoms with Crippen LogP contribution >= 0.6 is 0 Å². The number of rotatable bonds is 15. The Hall–Kier alpha value is -3.22. The molecule has 4 amide bonds. The standard InChI is InChI=1S/C20H35N5O8/c1-5-9(3)15(19(31)25-16(20(32)33)10(4)6-2)24-18(30)12(8-13(22)26)23-17(29)11(21)7-14(27)28/h9-12,15-16H,5-8,21H2,1-4H3,(H2,22,26)(H,23,29)(H,24,30)(H,25,31)(H,27,28)(H,32,33). The van der Waals surface area contributed by atoms with Crippen molar-refractivity contribution in [3.8, 4) is 0 Å². The molecule has 0 aromatic heterocycles. The van der Waals surface area contributed by atoms with Gasteiger partial charge in [0.05, 0.1) is 18.9 Å². The lowest BCUT2D eigenvalue weighted by atomic mass is 9.95. The number of amides is 4. The van der Waals surface area contributed by atoms with E-state index in [1.165, 1.54) is 0 Å². The molecule has 33 heavy (non-hydrogen) atoms. The molecule has 0 aliphatic rings. The molecule has 0 aromatic carbocycles. The first kappa shape index (κ1) is 29.8. The molecule has 0 aliphatic heterocycles. The minimum Gasteiger partial charge on any atom is -0.481 e. The van der Waals surface area contributed by atoms with E-state index in [2.05, 4.69) is 16.0 Å². The Morgan fingerprint density at radius 2 is 1.24 bits per heavy atom. The molecule has 188 valence electrons. The molecule has 0 saturated carbocycles. The summed E-state index contributed by atoms with van der Waals surface area (Å²) in [6.07, 6.45) is -0.408. The maximum Gasteiger partial charge on any atom is 0.326 e. The molecule has 6 unspecified atom stereocenters. The quantitative estimate of drug-likeness (QED) is 0.143. The highest BCUT2D eigenvalue weighted by Crippen LogP contribution is 2.12. The van der Waals surface area contributed by atoms with Gasteiger partial charge < -0.3 is 37.6 Å². The second-order valence-corrected chi connectivity index (χ2v) is 8.02. The summed E-state index contributed by atoms with van der Waals surface area (Å²) >= 11 is 0. The smallest absolute Gasteiger partial charge is 0.326 e. The molecule has 0 bridgehead atoms. The molecule has 0 radical (unpaired) electrons. The Kier molecular flexibility index (Phi) is 12.7. The number of carboxylic acids is 2. The zero-order chi connectivity index (χ0) is 25.9.